The van der Waals surface area contributed by atoms with E-state index in [4.69, 9.17) is 4.74 Å². The molecule has 0 aliphatic heterocycles. The number of para-hydroxylation sites is 1. The van der Waals surface area contributed by atoms with Gasteiger partial charge in [-0.15, -0.1) is 0 Å². The largest absolute Gasteiger partial charge is 0.489 e. The summed E-state index contributed by atoms with van der Waals surface area (Å²) in [5.74, 6) is 0.0516. The van der Waals surface area contributed by atoms with E-state index in [0.717, 1.165) is 28.9 Å². The van der Waals surface area contributed by atoms with Crippen molar-refractivity contribution < 1.29 is 19.4 Å². The quantitative estimate of drug-likeness (QED) is 0.337. The first-order chi connectivity index (χ1) is 16.7. The molecule has 3 aromatic rings. The van der Waals surface area contributed by atoms with Crippen LogP contribution in [0.1, 0.15) is 70.9 Å². The van der Waals surface area contributed by atoms with Crippen LogP contribution in [0.3, 0.4) is 0 Å². The minimum Gasteiger partial charge on any atom is -0.489 e. The van der Waals surface area contributed by atoms with Crippen molar-refractivity contribution in [2.45, 2.75) is 59.6 Å². The fourth-order valence-electron chi connectivity index (χ4n) is 4.03. The number of benzene rings is 3. The number of amides is 1. The van der Waals surface area contributed by atoms with Crippen LogP contribution in [0.25, 0.3) is 0 Å². The number of nitrogens with one attached hydrogen (secondary N) is 1. The second-order valence-electron chi connectivity index (χ2n) is 9.49. The molecule has 5 heteroatoms. The Balaban J connectivity index is 1.87. The summed E-state index contributed by atoms with van der Waals surface area (Å²) in [6, 6.07) is 21.2. The minimum atomic E-state index is -0.888. The van der Waals surface area contributed by atoms with Crippen LogP contribution >= 0.6 is 0 Å². The zero-order valence-electron chi connectivity index (χ0n) is 21.0. The minimum absolute atomic E-state index is 0.0350. The maximum atomic E-state index is 13.6. The van der Waals surface area contributed by atoms with E-state index in [0.29, 0.717) is 18.1 Å². The van der Waals surface area contributed by atoms with E-state index in [1.54, 1.807) is 0 Å². The van der Waals surface area contributed by atoms with Crippen molar-refractivity contribution in [1.29, 1.82) is 0 Å². The molecule has 0 radical (unpaired) electrons. The van der Waals surface area contributed by atoms with Gasteiger partial charge in [-0.3, -0.25) is 9.59 Å². The molecule has 1 amide bonds. The van der Waals surface area contributed by atoms with Crippen molar-refractivity contribution in [2.24, 2.45) is 5.92 Å². The van der Waals surface area contributed by atoms with Gasteiger partial charge in [0, 0.05) is 12.0 Å². The lowest BCUT2D eigenvalue weighted by Crippen LogP contribution is -2.30. The van der Waals surface area contributed by atoms with E-state index in [9.17, 15) is 14.7 Å². The molecule has 1 atom stereocenters. The number of carboxylic acid groups (broad SMARTS) is 1. The summed E-state index contributed by atoms with van der Waals surface area (Å²) < 4.78 is 5.87. The molecule has 0 bridgehead atoms. The molecule has 184 valence electrons. The second-order valence-corrected chi connectivity index (χ2v) is 9.49. The lowest BCUT2D eigenvalue weighted by atomic mass is 9.93. The van der Waals surface area contributed by atoms with Gasteiger partial charge in [0.25, 0.3) is 5.91 Å². The molecule has 35 heavy (non-hydrogen) atoms. The van der Waals surface area contributed by atoms with Crippen LogP contribution < -0.4 is 10.1 Å². The van der Waals surface area contributed by atoms with Gasteiger partial charge in [0.2, 0.25) is 0 Å². The lowest BCUT2D eigenvalue weighted by molar-refractivity contribution is -0.136. The summed E-state index contributed by atoms with van der Waals surface area (Å²) in [6.45, 7) is 8.75. The number of aryl methyl sites for hydroxylation is 3. The third-order valence-electron chi connectivity index (χ3n) is 6.12. The number of carbonyl (C=O) groups is 2. The van der Waals surface area contributed by atoms with Gasteiger partial charge in [0.05, 0.1) is 6.04 Å². The Morgan fingerprint density at radius 3 is 2.34 bits per heavy atom. The van der Waals surface area contributed by atoms with Crippen molar-refractivity contribution in [2.75, 3.05) is 0 Å². The van der Waals surface area contributed by atoms with Crippen LogP contribution in [0, 0.1) is 19.8 Å². The van der Waals surface area contributed by atoms with Gasteiger partial charge in [0.1, 0.15) is 12.4 Å². The van der Waals surface area contributed by atoms with Crippen LogP contribution in [0.4, 0.5) is 0 Å². The lowest BCUT2D eigenvalue weighted by Gasteiger charge is -2.23. The van der Waals surface area contributed by atoms with E-state index >= 15 is 0 Å². The van der Waals surface area contributed by atoms with Gasteiger partial charge in [-0.2, -0.15) is 0 Å². The molecule has 0 aromatic heterocycles. The zero-order valence-corrected chi connectivity index (χ0v) is 21.0. The first kappa shape index (κ1) is 26.0. The highest BCUT2D eigenvalue weighted by molar-refractivity contribution is 5.96. The smallest absolute Gasteiger partial charge is 0.303 e. The molecule has 0 saturated carbocycles. The fourth-order valence-corrected chi connectivity index (χ4v) is 4.03. The molecule has 5 nitrogen and oxygen atoms in total. The van der Waals surface area contributed by atoms with Gasteiger partial charge in [-0.25, -0.2) is 0 Å². The van der Waals surface area contributed by atoms with E-state index < -0.39 is 5.97 Å². The average Bonchev–Trinajstić information content (AvgIpc) is 2.83. The first-order valence-corrected chi connectivity index (χ1v) is 12.1. The fraction of sp³-hybridized carbons (Fsp3) is 0.333. The molecule has 2 N–H and O–H groups in total. The Labute approximate surface area is 208 Å². The average molecular weight is 474 g/mol. The summed E-state index contributed by atoms with van der Waals surface area (Å²) in [6.07, 6.45) is 1.05. The zero-order chi connectivity index (χ0) is 25.4. The molecule has 3 aromatic carbocycles. The highest BCUT2D eigenvalue weighted by atomic mass is 16.5. The van der Waals surface area contributed by atoms with E-state index in [1.165, 1.54) is 11.1 Å². The second kappa shape index (κ2) is 12.2. The normalized spacial score (nSPS) is 11.8. The first-order valence-electron chi connectivity index (χ1n) is 12.1. The number of aliphatic carboxylic acids is 1. The van der Waals surface area contributed by atoms with Crippen LogP contribution in [0.5, 0.6) is 5.75 Å². The Bertz CT molecular complexity index is 1150. The third-order valence-corrected chi connectivity index (χ3v) is 6.12. The molecular formula is C30H35NO4. The van der Waals surface area contributed by atoms with Crippen molar-refractivity contribution in [1.82, 2.24) is 5.32 Å². The molecule has 1 unspecified atom stereocenters. The standard InChI is InChI=1S/C30H35NO4/c1-20(2)16-28(25-12-10-21(3)22(4)17-25)31-30(34)27-18-23(11-13-24(27)14-15-29(32)33)19-35-26-8-6-5-7-9-26/h5-13,17-18,20,28H,14-16,19H2,1-4H3,(H,31,34)(H,32,33). The molecule has 0 aliphatic rings. The Morgan fingerprint density at radius 2 is 1.69 bits per heavy atom. The molecule has 0 aliphatic carbocycles. The Hall–Kier alpha value is -3.60. The number of carbonyl (C=O) groups excluding carboxylic acids is 1. The molecule has 0 saturated heterocycles. The molecular weight excluding hydrogens is 438 g/mol. The summed E-state index contributed by atoms with van der Waals surface area (Å²) in [5, 5.41) is 12.4. The summed E-state index contributed by atoms with van der Waals surface area (Å²) in [7, 11) is 0. The van der Waals surface area contributed by atoms with Crippen molar-refractivity contribution in [3.8, 4) is 5.75 Å². The van der Waals surface area contributed by atoms with Gasteiger partial charge >= 0.3 is 5.97 Å². The van der Waals surface area contributed by atoms with Crippen molar-refractivity contribution >= 4 is 11.9 Å². The van der Waals surface area contributed by atoms with Crippen LogP contribution in [0.15, 0.2) is 66.7 Å². The molecule has 0 fully saturated rings. The highest BCUT2D eigenvalue weighted by Gasteiger charge is 2.20. The van der Waals surface area contributed by atoms with Gasteiger partial charge in [0.15, 0.2) is 0 Å². The van der Waals surface area contributed by atoms with E-state index in [-0.39, 0.29) is 24.8 Å². The SMILES string of the molecule is Cc1ccc(C(CC(C)C)NC(=O)c2cc(COc3ccccc3)ccc2CCC(=O)O)cc1C. The highest BCUT2D eigenvalue weighted by Crippen LogP contribution is 2.25. The Kier molecular flexibility index (Phi) is 9.07. The Morgan fingerprint density at radius 1 is 0.943 bits per heavy atom. The molecule has 3 rings (SSSR count). The van der Waals surface area contributed by atoms with Gasteiger partial charge < -0.3 is 15.2 Å². The van der Waals surface area contributed by atoms with E-state index in [1.807, 2.05) is 48.5 Å². The number of carboxylic acids is 1. The van der Waals surface area contributed by atoms with Crippen LogP contribution in [0.2, 0.25) is 0 Å². The van der Waals surface area contributed by atoms with Crippen LogP contribution in [-0.4, -0.2) is 17.0 Å². The number of hydrogen-bond acceptors (Lipinski definition) is 3. The maximum absolute atomic E-state index is 13.6. The number of ether oxygens (including phenoxy) is 1. The summed E-state index contributed by atoms with van der Waals surface area (Å²) >= 11 is 0. The summed E-state index contributed by atoms with van der Waals surface area (Å²) in [4.78, 5) is 24.8. The third kappa shape index (κ3) is 7.71. The molecule has 0 spiro atoms. The van der Waals surface area contributed by atoms with Gasteiger partial charge in [-0.1, -0.05) is 62.4 Å². The topological polar surface area (TPSA) is 75.6 Å². The van der Waals surface area contributed by atoms with Crippen molar-refractivity contribution in [3.63, 3.8) is 0 Å². The van der Waals surface area contributed by atoms with Crippen molar-refractivity contribution in [3.05, 3.63) is 100 Å². The maximum Gasteiger partial charge on any atom is 0.303 e. The number of rotatable bonds is 11. The number of hydrogen-bond donors (Lipinski definition) is 2. The van der Waals surface area contributed by atoms with Gasteiger partial charge in [-0.05, 0) is 78.6 Å². The predicted octanol–water partition coefficient (Wildman–Crippen LogP) is 6.42. The van der Waals surface area contributed by atoms with E-state index in [2.05, 4.69) is 51.2 Å². The monoisotopic (exact) mass is 473 g/mol. The molecule has 0 heterocycles. The predicted molar refractivity (Wildman–Crippen MR) is 139 cm³/mol. The summed E-state index contributed by atoms with van der Waals surface area (Å²) in [5.41, 5.74) is 5.54. The van der Waals surface area contributed by atoms with Crippen LogP contribution in [-0.2, 0) is 17.8 Å².